The van der Waals surface area contributed by atoms with Crippen LogP contribution < -0.4 is 5.32 Å². The Kier molecular flexibility index (Phi) is 4.08. The zero-order valence-corrected chi connectivity index (χ0v) is 14.0. The van der Waals surface area contributed by atoms with Crippen LogP contribution in [0.15, 0.2) is 72.9 Å². The quantitative estimate of drug-likeness (QED) is 0.786. The molecule has 0 aliphatic carbocycles. The predicted molar refractivity (Wildman–Crippen MR) is 98.1 cm³/mol. The first-order chi connectivity index (χ1) is 12.8. The van der Waals surface area contributed by atoms with Gasteiger partial charge in [-0.25, -0.2) is 0 Å². The maximum atomic E-state index is 12.9. The van der Waals surface area contributed by atoms with Crippen LogP contribution in [0.4, 0.5) is 5.69 Å². The number of carbonyl (C=O) groups excluding carboxylic acids is 1. The molecule has 0 radical (unpaired) electrons. The van der Waals surface area contributed by atoms with E-state index in [-0.39, 0.29) is 12.1 Å². The van der Waals surface area contributed by atoms with Crippen molar-refractivity contribution in [3.05, 3.63) is 95.3 Å². The van der Waals surface area contributed by atoms with Gasteiger partial charge in [0.25, 0.3) is 5.91 Å². The molecule has 2 aromatic carbocycles. The fourth-order valence-corrected chi connectivity index (χ4v) is 3.16. The molecule has 5 nitrogen and oxygen atoms in total. The molecule has 0 fully saturated rings. The summed E-state index contributed by atoms with van der Waals surface area (Å²) in [6.45, 7) is 0.478. The molecule has 1 N–H and O–H groups in total. The van der Waals surface area contributed by atoms with Gasteiger partial charge in [-0.1, -0.05) is 36.4 Å². The lowest BCUT2D eigenvalue weighted by Gasteiger charge is -2.26. The smallest absolute Gasteiger partial charge is 0.258 e. The zero-order valence-electron chi connectivity index (χ0n) is 14.0. The van der Waals surface area contributed by atoms with Crippen molar-refractivity contribution in [2.75, 3.05) is 5.32 Å². The zero-order chi connectivity index (χ0) is 17.9. The second-order valence-corrected chi connectivity index (χ2v) is 6.09. The first-order valence-electron chi connectivity index (χ1n) is 8.33. The second kappa shape index (κ2) is 6.69. The second-order valence-electron chi connectivity index (χ2n) is 6.09. The standard InChI is InChI=1S/C21H16N4O/c22-13-16-8-4-9-17(12-16)24-20-19-18(10-5-11-23-19)21(26)25(20)14-15-6-2-1-3-7-15/h1-12,20,24H,14H2/t20-/m0/s1. The summed E-state index contributed by atoms with van der Waals surface area (Å²) >= 11 is 0. The summed E-state index contributed by atoms with van der Waals surface area (Å²) in [6, 6.07) is 22.8. The third kappa shape index (κ3) is 2.89. The largest absolute Gasteiger partial charge is 0.360 e. The average Bonchev–Trinajstić information content (AvgIpc) is 2.95. The number of nitrogens with zero attached hydrogens (tertiary/aromatic N) is 3. The Hall–Kier alpha value is -3.65. The van der Waals surface area contributed by atoms with E-state index in [2.05, 4.69) is 16.4 Å². The molecular weight excluding hydrogens is 324 g/mol. The molecule has 5 heteroatoms. The number of nitrogens with one attached hydrogen (secondary N) is 1. The summed E-state index contributed by atoms with van der Waals surface area (Å²) in [7, 11) is 0. The molecule has 26 heavy (non-hydrogen) atoms. The van der Waals surface area contributed by atoms with Gasteiger partial charge in [0.2, 0.25) is 0 Å². The number of rotatable bonds is 4. The number of aromatic nitrogens is 1. The maximum absolute atomic E-state index is 12.9. The van der Waals surface area contributed by atoms with Gasteiger partial charge in [-0.2, -0.15) is 5.26 Å². The monoisotopic (exact) mass is 340 g/mol. The molecule has 2 heterocycles. The van der Waals surface area contributed by atoms with Crippen LogP contribution in [0.2, 0.25) is 0 Å². The Morgan fingerprint density at radius 2 is 1.92 bits per heavy atom. The molecule has 4 rings (SSSR count). The normalized spacial score (nSPS) is 15.4. The van der Waals surface area contributed by atoms with Crippen LogP contribution in [0, 0.1) is 11.3 Å². The fourth-order valence-electron chi connectivity index (χ4n) is 3.16. The highest BCUT2D eigenvalue weighted by Gasteiger charge is 2.37. The summed E-state index contributed by atoms with van der Waals surface area (Å²) < 4.78 is 0. The van der Waals surface area contributed by atoms with Crippen molar-refractivity contribution >= 4 is 11.6 Å². The summed E-state index contributed by atoms with van der Waals surface area (Å²) in [5, 5.41) is 12.5. The van der Waals surface area contributed by atoms with Gasteiger partial charge in [-0.05, 0) is 35.9 Å². The first-order valence-corrected chi connectivity index (χ1v) is 8.33. The highest BCUT2D eigenvalue weighted by Crippen LogP contribution is 2.34. The van der Waals surface area contributed by atoms with Gasteiger partial charge in [0.05, 0.1) is 22.9 Å². The maximum Gasteiger partial charge on any atom is 0.258 e. The van der Waals surface area contributed by atoms with Crippen LogP contribution in [0.3, 0.4) is 0 Å². The number of hydrogen-bond acceptors (Lipinski definition) is 4. The predicted octanol–water partition coefficient (Wildman–Crippen LogP) is 3.72. The Balaban J connectivity index is 1.70. The van der Waals surface area contributed by atoms with E-state index >= 15 is 0 Å². The van der Waals surface area contributed by atoms with Crippen LogP contribution in [-0.4, -0.2) is 15.8 Å². The van der Waals surface area contributed by atoms with Crippen molar-refractivity contribution in [2.45, 2.75) is 12.7 Å². The van der Waals surface area contributed by atoms with Crippen LogP contribution >= 0.6 is 0 Å². The SMILES string of the molecule is N#Cc1cccc(N[C@@H]2c3ncccc3C(=O)N2Cc2ccccc2)c1. The third-order valence-electron chi connectivity index (χ3n) is 4.39. The number of amides is 1. The summed E-state index contributed by atoms with van der Waals surface area (Å²) in [6.07, 6.45) is 1.31. The van der Waals surface area contributed by atoms with Crippen LogP contribution in [-0.2, 0) is 6.54 Å². The Labute approximate surface area is 151 Å². The van der Waals surface area contributed by atoms with Crippen LogP contribution in [0.1, 0.15) is 33.3 Å². The number of nitriles is 1. The van der Waals surface area contributed by atoms with E-state index in [1.54, 1.807) is 35.4 Å². The number of carbonyl (C=O) groups is 1. The van der Waals surface area contributed by atoms with Gasteiger partial charge in [0, 0.05) is 18.4 Å². The lowest BCUT2D eigenvalue weighted by molar-refractivity contribution is 0.0728. The van der Waals surface area contributed by atoms with Crippen molar-refractivity contribution < 1.29 is 4.79 Å². The third-order valence-corrected chi connectivity index (χ3v) is 4.39. The van der Waals surface area contributed by atoms with E-state index in [4.69, 9.17) is 5.26 Å². The molecule has 0 spiro atoms. The molecule has 0 bridgehead atoms. The molecule has 1 aliphatic heterocycles. The highest BCUT2D eigenvalue weighted by molar-refractivity contribution is 5.98. The molecule has 1 aromatic heterocycles. The summed E-state index contributed by atoms with van der Waals surface area (Å²) in [4.78, 5) is 19.1. The van der Waals surface area contributed by atoms with E-state index < -0.39 is 0 Å². The lowest BCUT2D eigenvalue weighted by atomic mass is 10.2. The lowest BCUT2D eigenvalue weighted by Crippen LogP contribution is -2.32. The first kappa shape index (κ1) is 15.9. The number of anilines is 1. The fraction of sp³-hybridized carbons (Fsp3) is 0.0952. The van der Waals surface area contributed by atoms with Crippen molar-refractivity contribution in [1.29, 1.82) is 5.26 Å². The Morgan fingerprint density at radius 1 is 1.08 bits per heavy atom. The van der Waals surface area contributed by atoms with Gasteiger partial charge < -0.3 is 10.2 Å². The minimum absolute atomic E-state index is 0.0501. The van der Waals surface area contributed by atoms with Crippen molar-refractivity contribution in [1.82, 2.24) is 9.88 Å². The minimum Gasteiger partial charge on any atom is -0.360 e. The van der Waals surface area contributed by atoms with E-state index in [0.717, 1.165) is 11.3 Å². The number of hydrogen-bond donors (Lipinski definition) is 1. The van der Waals surface area contributed by atoms with E-state index in [0.29, 0.717) is 23.4 Å². The minimum atomic E-state index is -0.382. The van der Waals surface area contributed by atoms with Crippen LogP contribution in [0.5, 0.6) is 0 Å². The number of fused-ring (bicyclic) bond motifs is 1. The van der Waals surface area contributed by atoms with E-state index in [9.17, 15) is 4.79 Å². The van der Waals surface area contributed by atoms with Crippen molar-refractivity contribution in [2.24, 2.45) is 0 Å². The van der Waals surface area contributed by atoms with Gasteiger partial charge in [0.1, 0.15) is 6.17 Å². The Morgan fingerprint density at radius 3 is 2.73 bits per heavy atom. The average molecular weight is 340 g/mol. The van der Waals surface area contributed by atoms with Gasteiger partial charge in [-0.15, -0.1) is 0 Å². The van der Waals surface area contributed by atoms with Crippen molar-refractivity contribution in [3.8, 4) is 6.07 Å². The molecule has 0 saturated heterocycles. The van der Waals surface area contributed by atoms with Crippen molar-refractivity contribution in [3.63, 3.8) is 0 Å². The topological polar surface area (TPSA) is 69.0 Å². The molecule has 1 atom stereocenters. The van der Waals surface area contributed by atoms with Crippen LogP contribution in [0.25, 0.3) is 0 Å². The Bertz CT molecular complexity index is 994. The molecular formula is C21H16N4O. The molecule has 1 amide bonds. The van der Waals surface area contributed by atoms with E-state index in [1.807, 2.05) is 42.5 Å². The summed E-state index contributed by atoms with van der Waals surface area (Å²) in [5.74, 6) is -0.0501. The molecule has 3 aromatic rings. The molecule has 0 unspecified atom stereocenters. The molecule has 1 aliphatic rings. The number of benzene rings is 2. The summed E-state index contributed by atoms with van der Waals surface area (Å²) in [5.41, 5.74) is 3.70. The van der Waals surface area contributed by atoms with Gasteiger partial charge >= 0.3 is 0 Å². The van der Waals surface area contributed by atoms with E-state index in [1.165, 1.54) is 0 Å². The molecule has 126 valence electrons. The number of pyridine rings is 1. The molecule has 0 saturated carbocycles. The van der Waals surface area contributed by atoms with Gasteiger partial charge in [0.15, 0.2) is 0 Å². The van der Waals surface area contributed by atoms with Gasteiger partial charge in [-0.3, -0.25) is 9.78 Å². The highest BCUT2D eigenvalue weighted by atomic mass is 16.2.